The van der Waals surface area contributed by atoms with Gasteiger partial charge in [-0.2, -0.15) is 4.79 Å². The number of nitro benzene ring substituents is 2. The minimum atomic E-state index is -2.27. The maximum Gasteiger partial charge on any atom is 0.596 e. The number of ether oxygens (including phenoxy) is 2. The van der Waals surface area contributed by atoms with E-state index in [2.05, 4.69) is 126 Å². The van der Waals surface area contributed by atoms with Crippen molar-refractivity contribution in [1.82, 2.24) is 20.0 Å². The molecule has 0 saturated carbocycles. The molecule has 0 aromatic heterocycles. The second kappa shape index (κ2) is 36.6. The Bertz CT molecular complexity index is 2490. The van der Waals surface area contributed by atoms with Crippen LogP contribution in [0.5, 0.6) is 0 Å². The lowest BCUT2D eigenvalue weighted by Gasteiger charge is -2.43. The zero-order valence-electron chi connectivity index (χ0n) is 57.2. The minimum Gasteiger partial charge on any atom is -0.444 e. The molecule has 0 heterocycles. The molecule has 2 rings (SSSR count). The van der Waals surface area contributed by atoms with Gasteiger partial charge in [-0.25, -0.2) is 13.6 Å². The highest BCUT2D eigenvalue weighted by molar-refractivity contribution is 6.74. The number of carbonyl (C=O) groups is 4. The number of amides is 3. The number of non-ortho nitro benzene ring substituents is 2. The molecule has 0 unspecified atom stereocenters. The third-order valence-corrected chi connectivity index (χ3v) is 23.9. The Hall–Kier alpha value is -4.79. The van der Waals surface area contributed by atoms with E-state index in [0.717, 1.165) is 42.9 Å². The zero-order chi connectivity index (χ0) is 67.8. The summed E-state index contributed by atoms with van der Waals surface area (Å²) in [4.78, 5) is 74.6. The summed E-state index contributed by atoms with van der Waals surface area (Å²) in [6.45, 7) is 60.8. The average Bonchev–Trinajstić information content (AvgIpc) is 1.51. The average molecular weight is 1280 g/mol. The van der Waals surface area contributed by atoms with Crippen LogP contribution in [0, 0.1) is 43.7 Å². The second-order valence-electron chi connectivity index (χ2n) is 27.4. The van der Waals surface area contributed by atoms with E-state index in [4.69, 9.17) is 29.9 Å². The second-order valence-corrected chi connectivity index (χ2v) is 37.4. The molecular formula is C62H111ClF2N7O12Si2+. The molecule has 4 atom stereocenters. The van der Waals surface area contributed by atoms with E-state index in [0.29, 0.717) is 19.1 Å². The summed E-state index contributed by atoms with van der Waals surface area (Å²) in [5, 5.41) is 24.2. The molecule has 19 nitrogen and oxygen atoms in total. The van der Waals surface area contributed by atoms with Crippen LogP contribution in [0.2, 0.25) is 36.3 Å². The fourth-order valence-electron chi connectivity index (χ4n) is 7.37. The molecule has 2 aromatic rings. The van der Waals surface area contributed by atoms with Gasteiger partial charge >= 0.3 is 12.2 Å². The fourth-order valence-corrected chi connectivity index (χ4v) is 10.3. The molecule has 0 aliphatic heterocycles. The Morgan fingerprint density at radius 3 is 1.41 bits per heavy atom. The fraction of sp³-hybridized carbons (Fsp3) is 0.726. The van der Waals surface area contributed by atoms with Gasteiger partial charge in [-0.15, -0.1) is 4.58 Å². The van der Waals surface area contributed by atoms with Crippen LogP contribution >= 0.6 is 11.6 Å². The molecule has 494 valence electrons. The van der Waals surface area contributed by atoms with E-state index in [1.165, 1.54) is 29.1 Å². The summed E-state index contributed by atoms with van der Waals surface area (Å²) < 4.78 is 53.2. The number of benzene rings is 2. The van der Waals surface area contributed by atoms with Gasteiger partial charge in [-0.1, -0.05) is 90.0 Å². The first-order chi connectivity index (χ1) is 38.9. The number of hydrogen-bond acceptors (Lipinski definition) is 14. The van der Waals surface area contributed by atoms with Crippen molar-refractivity contribution in [3.05, 3.63) is 79.4 Å². The zero-order valence-corrected chi connectivity index (χ0v) is 60.0. The van der Waals surface area contributed by atoms with E-state index < -0.39 is 72.9 Å². The topological polar surface area (TPSA) is 216 Å². The number of nitro groups is 2. The van der Waals surface area contributed by atoms with Crippen molar-refractivity contribution in [3.8, 4) is 0 Å². The lowest BCUT2D eigenvalue weighted by atomic mass is 10.0. The van der Waals surface area contributed by atoms with Gasteiger partial charge in [0.2, 0.25) is 11.1 Å². The largest absolute Gasteiger partial charge is 0.596 e. The molecular weight excluding hydrogens is 1160 g/mol. The molecule has 0 bridgehead atoms. The predicted molar refractivity (Wildman–Crippen MR) is 348 cm³/mol. The van der Waals surface area contributed by atoms with Crippen molar-refractivity contribution in [2.45, 2.75) is 230 Å². The van der Waals surface area contributed by atoms with E-state index in [1.54, 1.807) is 32.7 Å². The molecule has 0 saturated heterocycles. The maximum atomic E-state index is 14.4. The van der Waals surface area contributed by atoms with E-state index >= 15 is 0 Å². The number of likely N-dealkylation sites (N-methyl/N-ethyl adjacent to an activating group) is 1. The quantitative estimate of drug-likeness (QED) is 0.0244. The Kier molecular flexibility index (Phi) is 35.5. The maximum absolute atomic E-state index is 14.4. The summed E-state index contributed by atoms with van der Waals surface area (Å²) in [7, 11) is -2.57. The Morgan fingerprint density at radius 1 is 0.663 bits per heavy atom. The summed E-state index contributed by atoms with van der Waals surface area (Å²) in [5.74, 6) is -1.63. The molecule has 3 amide bonds. The van der Waals surface area contributed by atoms with Gasteiger partial charge in [0.25, 0.3) is 11.4 Å². The molecule has 0 spiro atoms. The molecule has 24 heteroatoms. The van der Waals surface area contributed by atoms with Crippen LogP contribution < -0.4 is 5.32 Å². The minimum absolute atomic E-state index is 0.0220. The summed E-state index contributed by atoms with van der Waals surface area (Å²) >= 11 is 5.04. The van der Waals surface area contributed by atoms with E-state index in [1.807, 2.05) is 41.5 Å². The number of halogens is 3. The van der Waals surface area contributed by atoms with Crippen molar-refractivity contribution in [2.24, 2.45) is 11.8 Å². The predicted octanol–water partition coefficient (Wildman–Crippen LogP) is 14.5. The van der Waals surface area contributed by atoms with Gasteiger partial charge < -0.3 is 38.3 Å². The van der Waals surface area contributed by atoms with Crippen molar-refractivity contribution in [3.63, 3.8) is 0 Å². The van der Waals surface area contributed by atoms with Crippen LogP contribution in [0.3, 0.4) is 0 Å². The molecule has 0 radical (unpaired) electrons. The first-order valence-corrected chi connectivity index (χ1v) is 36.0. The highest BCUT2D eigenvalue weighted by Crippen LogP contribution is 2.39. The molecule has 2 aromatic carbocycles. The smallest absolute Gasteiger partial charge is 0.444 e. The standard InChI is InChI=1S/C28H48FN3O6Si.C20H43N2O3Si.C8H5ClFNO3.C6H15N/c1-19(2)31(25(33)16-21-15-22(32(35)36)13-14-23(21)29)17-20(3)24(38-39(11,12)28(7,8)9)18-30(10)26(34)37-27(4,5)6;1-15(2)21-13-16(3)17(25-26(11,12)20(7,8)9)14-22(10)18(23)24-19(4,5)6;9-8(12)4-5-3-6(11(13)14)1-2-7(5)10;1-4-7(5-2)6-3/h13-15,19-20,24H,16-18H2,1-12H3;15-17,21H,10,13-14H2,1-9,11-12H3;1-3H,4H2;4-6H2,1-3H3/q;+1;;/t20-,24+;16-,17+;;/m11../s1. The SMILES string of the molecule is C=[N+](C[C@H](O[Si](C)(C)C(C)(C)C)[C@H](C)CNC(C)C)C(=O)OC(C)(C)C.CC(C)N(C[C@@H](C)[C@H](CN(C)C(=O)OC(C)(C)C)O[Si](C)(C)C(C)(C)C)C(=O)Cc1cc([N+](=O)[O-])ccc1F.CCN(CC)CC.O=C(Cl)Cc1cc([N+](=O)[O-])ccc1F. The highest BCUT2D eigenvalue weighted by Gasteiger charge is 2.43. The van der Waals surface area contributed by atoms with Crippen LogP contribution in [0.25, 0.3) is 0 Å². The molecule has 1 N–H and O–H groups in total. The number of hydrogen-bond donors (Lipinski definition) is 1. The van der Waals surface area contributed by atoms with Crippen LogP contribution in [-0.4, -0.2) is 164 Å². The number of nitrogens with zero attached hydrogens (tertiary/aromatic N) is 6. The Morgan fingerprint density at radius 2 is 1.07 bits per heavy atom. The van der Waals surface area contributed by atoms with Crippen LogP contribution in [-0.2, 0) is 40.8 Å². The normalized spacial score (nSPS) is 13.6. The third kappa shape index (κ3) is 32.4. The number of carbonyl (C=O) groups excluding carboxylic acids is 4. The number of nitrogens with one attached hydrogen (secondary N) is 1. The van der Waals surface area contributed by atoms with Crippen LogP contribution in [0.4, 0.5) is 29.7 Å². The summed E-state index contributed by atoms with van der Waals surface area (Å²) in [6, 6.07) is 6.36. The van der Waals surface area contributed by atoms with Gasteiger partial charge in [0.1, 0.15) is 35.7 Å². The van der Waals surface area contributed by atoms with Gasteiger partial charge in [0, 0.05) is 80.1 Å². The van der Waals surface area contributed by atoms with Crippen LogP contribution in [0.15, 0.2) is 36.4 Å². The highest BCUT2D eigenvalue weighted by atomic mass is 35.5. The first-order valence-electron chi connectivity index (χ1n) is 29.8. The lowest BCUT2D eigenvalue weighted by Crippen LogP contribution is -2.52. The Labute approximate surface area is 522 Å². The van der Waals surface area contributed by atoms with Crippen molar-refractivity contribution in [2.75, 3.05) is 52.9 Å². The first kappa shape index (κ1) is 83.3. The summed E-state index contributed by atoms with van der Waals surface area (Å²) in [6.07, 6.45) is -2.01. The summed E-state index contributed by atoms with van der Waals surface area (Å²) in [5.41, 5.74) is -1.80. The molecule has 0 aliphatic rings. The van der Waals surface area contributed by atoms with E-state index in [-0.39, 0.29) is 81.9 Å². The molecule has 0 fully saturated rings. The van der Waals surface area contributed by atoms with Gasteiger partial charge in [0.15, 0.2) is 23.2 Å². The Balaban J connectivity index is 0. The molecule has 0 aliphatic carbocycles. The monoisotopic (exact) mass is 1270 g/mol. The van der Waals surface area contributed by atoms with Gasteiger partial charge in [-0.05, 0) is 141 Å². The van der Waals surface area contributed by atoms with Gasteiger partial charge in [0.05, 0.1) is 28.8 Å². The van der Waals surface area contributed by atoms with Crippen molar-refractivity contribution in [1.29, 1.82) is 0 Å². The molecule has 86 heavy (non-hydrogen) atoms. The lowest BCUT2D eigenvalue weighted by molar-refractivity contribution is -0.454. The van der Waals surface area contributed by atoms with Crippen molar-refractivity contribution < 1.29 is 60.7 Å². The van der Waals surface area contributed by atoms with Gasteiger partial charge in [-0.3, -0.25) is 29.8 Å². The third-order valence-electron chi connectivity index (χ3n) is 14.8. The number of rotatable bonds is 25. The van der Waals surface area contributed by atoms with Crippen molar-refractivity contribution >= 4 is 69.7 Å². The van der Waals surface area contributed by atoms with E-state index in [9.17, 15) is 48.2 Å². The van der Waals surface area contributed by atoms with Crippen LogP contribution in [0.1, 0.15) is 157 Å².